The van der Waals surface area contributed by atoms with Crippen molar-refractivity contribution in [2.75, 3.05) is 37.7 Å². The van der Waals surface area contributed by atoms with E-state index in [-0.39, 0.29) is 5.56 Å². The number of aliphatic hydroxyl groups is 1. The lowest BCUT2D eigenvalue weighted by Gasteiger charge is -2.47. The molecule has 7 N–H and O–H groups in total. The van der Waals surface area contributed by atoms with Gasteiger partial charge in [0.25, 0.3) is 5.91 Å². The number of aliphatic hydroxyl groups excluding tert-OH is 1. The summed E-state index contributed by atoms with van der Waals surface area (Å²) in [5, 5.41) is 19.0. The summed E-state index contributed by atoms with van der Waals surface area (Å²) in [6, 6.07) is 5.66. The maximum Gasteiger partial charge on any atom is 0.408 e. The molecule has 0 spiro atoms. The van der Waals surface area contributed by atoms with Crippen LogP contribution in [0, 0.1) is 34.3 Å². The van der Waals surface area contributed by atoms with E-state index < -0.39 is 138 Å². The molecule has 2 aliphatic carbocycles. The number of alkyl carbamates (subject to hydrolysis) is 2. The van der Waals surface area contributed by atoms with E-state index in [9.17, 15) is 59.4 Å². The number of carbonyl (C=O) groups is 4. The van der Waals surface area contributed by atoms with Crippen molar-refractivity contribution in [3.05, 3.63) is 100 Å². The molecule has 18 nitrogen and oxygen atoms in total. The molecule has 85 heavy (non-hydrogen) atoms. The number of nitrogens with one attached hydrogen (secondary N) is 4. The van der Waals surface area contributed by atoms with Crippen LogP contribution >= 0.6 is 0 Å². The van der Waals surface area contributed by atoms with Gasteiger partial charge in [0.2, 0.25) is 5.91 Å². The van der Waals surface area contributed by atoms with E-state index in [2.05, 4.69) is 42.4 Å². The third-order valence-corrected chi connectivity index (χ3v) is 15.7. The lowest BCUT2D eigenvalue weighted by molar-refractivity contribution is -0.221. The van der Waals surface area contributed by atoms with E-state index >= 15 is 8.78 Å². The Morgan fingerprint density at radius 2 is 1.32 bits per heavy atom. The molecular formula is C57H66F10N10O8. The van der Waals surface area contributed by atoms with Crippen LogP contribution in [0.15, 0.2) is 65.8 Å². The van der Waals surface area contributed by atoms with Crippen LogP contribution in [0.3, 0.4) is 0 Å². The predicted molar refractivity (Wildman–Crippen MR) is 288 cm³/mol. The maximum atomic E-state index is 16.1. The number of amides is 4. The van der Waals surface area contributed by atoms with Gasteiger partial charge in [-0.25, -0.2) is 33.4 Å². The maximum absolute atomic E-state index is 16.1. The first kappa shape index (κ1) is 63.8. The second-order valence-corrected chi connectivity index (χ2v) is 22.9. The topological polar surface area (TPSA) is 225 Å². The zero-order valence-corrected chi connectivity index (χ0v) is 46.7. The summed E-state index contributed by atoms with van der Waals surface area (Å²) in [5.41, 5.74) is 1.33. The number of nitrogens with two attached hydrogens (primary N) is 1. The average Bonchev–Trinajstić information content (AvgIpc) is 2.01. The number of carbonyl (C=O) groups excluding carboxylic acids is 4. The standard InChI is InChI=1S/C57H66F10N10O8/c1-54(2,56(62,63)64)47(72-52(81)84-38-14-15-38)49(79)71-44(21-32-8-5-31(6-9-32)7-10-33-11-18-46(70-24-33)75-25-35-12-13-36(26-75)77(35)37-29-83-30-37)45(78)28-76(27-40-41(58)22-34(23-42(40)59)43(68)19-20-69-51(60)61)74-50(80)48(55(3,4)57(65,66)67)73-53(82)85-39-16-17-39/h5-6,8-9,11,18-20,22-24,35-39,44-45,47-48,51,78H,12-17,21,25-30,68H2,1-4H3,(H,71,79)(H,72,81)(H,73,82)(H,74,80)/t35?,36?,44-,45-,47+,48+/m0/s1. The second kappa shape index (κ2) is 26.2. The first-order chi connectivity index (χ1) is 40.0. The molecule has 3 saturated heterocycles. The summed E-state index contributed by atoms with van der Waals surface area (Å²) >= 11 is 0. The van der Waals surface area contributed by atoms with Crippen LogP contribution < -0.4 is 32.0 Å². The molecule has 5 aliphatic rings. The van der Waals surface area contributed by atoms with Crippen LogP contribution in [-0.4, -0.2) is 157 Å². The highest BCUT2D eigenvalue weighted by atomic mass is 19.4. The fourth-order valence-electron chi connectivity index (χ4n) is 10.0. The molecule has 6 atom stereocenters. The summed E-state index contributed by atoms with van der Waals surface area (Å²) in [6.07, 6.45) is -10.3. The molecule has 462 valence electrons. The third kappa shape index (κ3) is 16.2. The number of hydrogen-bond donors (Lipinski definition) is 6. The normalized spacial score (nSPS) is 20.2. The number of benzene rings is 2. The highest BCUT2D eigenvalue weighted by Gasteiger charge is 2.58. The monoisotopic (exact) mass is 1210 g/mol. The quantitative estimate of drug-likeness (QED) is 0.0196. The number of nitrogens with zero attached hydrogens (tertiary/aromatic N) is 5. The van der Waals surface area contributed by atoms with E-state index in [1.165, 1.54) is 12.1 Å². The molecule has 8 rings (SSSR count). The molecule has 2 unspecified atom stereocenters. The lowest BCUT2D eigenvalue weighted by atomic mass is 9.82. The minimum Gasteiger partial charge on any atom is -0.446 e. The van der Waals surface area contributed by atoms with Gasteiger partial charge in [-0.15, -0.1) is 0 Å². The first-order valence-corrected chi connectivity index (χ1v) is 27.5. The van der Waals surface area contributed by atoms with E-state index in [0.29, 0.717) is 106 Å². The second-order valence-electron chi connectivity index (χ2n) is 22.9. The number of fused-ring (bicyclic) bond motifs is 2. The first-order valence-electron chi connectivity index (χ1n) is 27.5. The largest absolute Gasteiger partial charge is 0.446 e. The average molecular weight is 1210 g/mol. The number of halogens is 10. The summed E-state index contributed by atoms with van der Waals surface area (Å²) < 4.78 is 162. The third-order valence-electron chi connectivity index (χ3n) is 15.7. The molecule has 28 heteroatoms. The van der Waals surface area contributed by atoms with Gasteiger partial charge in [0.1, 0.15) is 41.7 Å². The van der Waals surface area contributed by atoms with Crippen LogP contribution in [0.4, 0.5) is 59.3 Å². The number of allylic oxidation sites excluding steroid dienone is 1. The van der Waals surface area contributed by atoms with Gasteiger partial charge < -0.3 is 45.9 Å². The van der Waals surface area contributed by atoms with E-state index in [4.69, 9.17) is 19.9 Å². The summed E-state index contributed by atoms with van der Waals surface area (Å²) in [6.45, 7) is 0.152. The molecule has 4 heterocycles. The van der Waals surface area contributed by atoms with Crippen LogP contribution in [0.5, 0.6) is 0 Å². The van der Waals surface area contributed by atoms with Gasteiger partial charge in [0, 0.05) is 78.6 Å². The molecule has 4 amide bonds. The van der Waals surface area contributed by atoms with E-state index in [1.54, 1.807) is 18.3 Å². The number of pyridine rings is 1. The Hall–Kier alpha value is -7.22. The Morgan fingerprint density at radius 3 is 1.80 bits per heavy atom. The molecule has 2 saturated carbocycles. The number of rotatable bonds is 22. The minimum atomic E-state index is -5.23. The fourth-order valence-corrected chi connectivity index (χ4v) is 10.0. The predicted octanol–water partition coefficient (Wildman–Crippen LogP) is 7.02. The number of hydrogen-bond acceptors (Lipinski definition) is 14. The summed E-state index contributed by atoms with van der Waals surface area (Å²) in [4.78, 5) is 66.7. The van der Waals surface area contributed by atoms with Crippen molar-refractivity contribution < 1.29 is 82.4 Å². The van der Waals surface area contributed by atoms with Crippen LogP contribution in [0.1, 0.15) is 94.0 Å². The number of ether oxygens (including phenoxy) is 3. The molecule has 2 aromatic carbocycles. The summed E-state index contributed by atoms with van der Waals surface area (Å²) in [7, 11) is 0. The number of piperazine rings is 1. The Morgan fingerprint density at radius 1 is 0.788 bits per heavy atom. The van der Waals surface area contributed by atoms with Gasteiger partial charge in [-0.1, -0.05) is 24.0 Å². The highest BCUT2D eigenvalue weighted by Crippen LogP contribution is 2.43. The Kier molecular flexibility index (Phi) is 19.6. The zero-order valence-electron chi connectivity index (χ0n) is 46.7. The molecule has 3 aliphatic heterocycles. The Bertz CT molecular complexity index is 2980. The van der Waals surface area contributed by atoms with Crippen molar-refractivity contribution in [3.63, 3.8) is 0 Å². The highest BCUT2D eigenvalue weighted by molar-refractivity contribution is 5.88. The van der Waals surface area contributed by atoms with Crippen molar-refractivity contribution >= 4 is 41.7 Å². The zero-order chi connectivity index (χ0) is 61.8. The van der Waals surface area contributed by atoms with Gasteiger partial charge in [0.05, 0.1) is 42.2 Å². The van der Waals surface area contributed by atoms with Gasteiger partial charge in [0.15, 0.2) is 0 Å². The Balaban J connectivity index is 1.08. The van der Waals surface area contributed by atoms with E-state index in [0.717, 1.165) is 51.0 Å². The summed E-state index contributed by atoms with van der Waals surface area (Å²) in [5.74, 6) is 0.859. The number of hydrazine groups is 1. The SMILES string of the molecule is CC(C)([C@H](NC(=O)OC1CC1)C(=O)N[C@@H](Cc1ccc(C#Cc2ccc(N3CC4CCC(C3)N4C3COC3)nc2)cc1)[C@@H](O)CN(Cc1c(F)cc(C(N)=CC=NC(F)F)cc1F)NC(=O)[C@@H](NC(=O)OC1CC1)C(C)(C)C(F)(F)F)C(F)(F)F. The van der Waals surface area contributed by atoms with Gasteiger partial charge in [-0.05, 0) is 121 Å². The number of alkyl halides is 8. The van der Waals surface area contributed by atoms with Gasteiger partial charge in [-0.3, -0.25) is 19.9 Å². The number of aliphatic imine (C=N–C) groups is 1. The fraction of sp³-hybridized carbons (Fsp3) is 0.544. The number of aromatic nitrogens is 1. The molecule has 0 radical (unpaired) electrons. The van der Waals surface area contributed by atoms with Crippen molar-refractivity contribution in [1.82, 2.24) is 36.3 Å². The molecule has 1 aromatic heterocycles. The van der Waals surface area contributed by atoms with Crippen LogP contribution in [0.2, 0.25) is 0 Å². The smallest absolute Gasteiger partial charge is 0.408 e. The van der Waals surface area contributed by atoms with E-state index in [1.807, 2.05) is 22.8 Å². The van der Waals surface area contributed by atoms with Crippen molar-refractivity contribution in [3.8, 4) is 11.8 Å². The van der Waals surface area contributed by atoms with Gasteiger partial charge >= 0.3 is 31.1 Å². The van der Waals surface area contributed by atoms with Gasteiger partial charge in [-0.2, -0.15) is 35.1 Å². The van der Waals surface area contributed by atoms with Crippen molar-refractivity contribution in [2.24, 2.45) is 21.6 Å². The van der Waals surface area contributed by atoms with Crippen LogP contribution in [0.25, 0.3) is 5.70 Å². The lowest BCUT2D eigenvalue weighted by Crippen LogP contribution is -2.63. The Labute approximate surface area is 483 Å². The molecule has 2 bridgehead atoms. The molecule has 5 fully saturated rings. The van der Waals surface area contributed by atoms with Crippen LogP contribution in [-0.2, 0) is 36.8 Å². The minimum absolute atomic E-state index is 0.283. The molecular weight excluding hydrogens is 1140 g/mol. The number of anilines is 1. The molecule has 3 aromatic rings. The van der Waals surface area contributed by atoms with Crippen molar-refractivity contribution in [1.29, 1.82) is 0 Å². The van der Waals surface area contributed by atoms with Crippen molar-refractivity contribution in [2.45, 2.75) is 153 Å².